The summed E-state index contributed by atoms with van der Waals surface area (Å²) in [6.45, 7) is -0.891. The largest absolute Gasteiger partial charge is 0.456 e. The number of ether oxygens (including phenoxy) is 1. The molecule has 6 aromatic carbocycles. The molecular weight excluding hydrogens is 889 g/mol. The van der Waals surface area contributed by atoms with Crippen LogP contribution < -0.4 is 21.3 Å². The van der Waals surface area contributed by atoms with Gasteiger partial charge < -0.3 is 26.0 Å². The number of esters is 1. The third-order valence-corrected chi connectivity index (χ3v) is 15.4. The van der Waals surface area contributed by atoms with Crippen molar-refractivity contribution in [1.29, 1.82) is 0 Å². The Balaban J connectivity index is 0.995. The van der Waals surface area contributed by atoms with Gasteiger partial charge in [-0.05, 0) is 64.5 Å². The van der Waals surface area contributed by atoms with E-state index in [1.807, 2.05) is 152 Å². The molecule has 0 aromatic heterocycles. The lowest BCUT2D eigenvalue weighted by Crippen LogP contribution is -2.57. The van der Waals surface area contributed by atoms with E-state index in [-0.39, 0.29) is 12.2 Å². The van der Waals surface area contributed by atoms with Crippen LogP contribution in [-0.2, 0) is 38.2 Å². The summed E-state index contributed by atoms with van der Waals surface area (Å²) in [5.74, 6) is -2.18. The van der Waals surface area contributed by atoms with Crippen molar-refractivity contribution in [2.75, 3.05) is 24.6 Å². The number of carbonyl (C=O) groups is 5. The molecule has 2 atom stereocenters. The number of amides is 4. The fourth-order valence-electron chi connectivity index (χ4n) is 8.67. The fraction of sp³-hybridized carbons (Fsp3) is 0.232. The molecular formula is C56H54N4O6S2. The summed E-state index contributed by atoms with van der Waals surface area (Å²) in [5.41, 5.74) is 5.08. The lowest BCUT2D eigenvalue weighted by molar-refractivity contribution is -0.148. The van der Waals surface area contributed by atoms with Crippen LogP contribution in [0.25, 0.3) is 0 Å². The first kappa shape index (κ1) is 47.6. The molecule has 2 aliphatic rings. The molecule has 1 aliphatic carbocycles. The minimum atomic E-state index is -1.25. The van der Waals surface area contributed by atoms with Crippen LogP contribution in [-0.4, -0.2) is 71.9 Å². The molecule has 10 nitrogen and oxygen atoms in total. The van der Waals surface area contributed by atoms with Crippen molar-refractivity contribution in [3.63, 3.8) is 0 Å². The normalized spacial score (nSPS) is 18.2. The molecule has 4 amide bonds. The Morgan fingerprint density at radius 3 is 1.40 bits per heavy atom. The summed E-state index contributed by atoms with van der Waals surface area (Å²) in [4.78, 5) is 68.4. The Morgan fingerprint density at radius 2 is 0.971 bits per heavy atom. The number of cyclic esters (lactones) is 1. The standard InChI is InChI=1S/C56H54N4O6S2/c61-49-37-47(33-19-20-36-67-55(41-21-7-1-8-22-41,42-23-9-2-10-24-42)43-25-11-3-12-26-43)66-51(63)39-58-53(65)54(34-35-54)60-52(64)48(59-50(62)38-57-49)40-68-56(44-27-13-4-14-28-44,45-29-15-5-16-30-45)46-31-17-6-18-32-46/h1-19,21-33,47-48H,20,34-40H2,(H,57,61)(H,58,65)(H,59,62)(H,60,64)/t47-,48-/m1/s1. The maximum atomic E-state index is 14.3. The van der Waals surface area contributed by atoms with Crippen LogP contribution >= 0.6 is 23.5 Å². The van der Waals surface area contributed by atoms with E-state index in [0.717, 1.165) is 33.4 Å². The third kappa shape index (κ3) is 11.1. The number of allylic oxidation sites excluding steroid dienone is 1. The first-order chi connectivity index (χ1) is 33.2. The number of benzene rings is 6. The van der Waals surface area contributed by atoms with E-state index in [4.69, 9.17) is 4.74 Å². The number of hydrogen-bond acceptors (Lipinski definition) is 8. The molecule has 1 heterocycles. The van der Waals surface area contributed by atoms with E-state index in [1.165, 1.54) is 11.8 Å². The molecule has 346 valence electrons. The second kappa shape index (κ2) is 22.3. The molecule has 4 N–H and O–H groups in total. The summed E-state index contributed by atoms with van der Waals surface area (Å²) >= 11 is 3.28. The molecule has 0 radical (unpaired) electrons. The van der Waals surface area contributed by atoms with E-state index in [2.05, 4.69) is 57.7 Å². The zero-order valence-electron chi connectivity index (χ0n) is 37.6. The van der Waals surface area contributed by atoms with Gasteiger partial charge in [0.15, 0.2) is 0 Å². The van der Waals surface area contributed by atoms with Crippen molar-refractivity contribution in [3.8, 4) is 0 Å². The summed E-state index contributed by atoms with van der Waals surface area (Å²) < 4.78 is 4.43. The highest BCUT2D eigenvalue weighted by Gasteiger charge is 2.52. The van der Waals surface area contributed by atoms with Crippen molar-refractivity contribution in [2.45, 2.75) is 52.9 Å². The minimum absolute atomic E-state index is 0.0997. The van der Waals surface area contributed by atoms with Gasteiger partial charge in [0.2, 0.25) is 23.6 Å². The first-order valence-electron chi connectivity index (χ1n) is 22.9. The van der Waals surface area contributed by atoms with Gasteiger partial charge in [-0.15, -0.1) is 23.5 Å². The van der Waals surface area contributed by atoms with Crippen LogP contribution in [0.2, 0.25) is 0 Å². The molecule has 68 heavy (non-hydrogen) atoms. The maximum Gasteiger partial charge on any atom is 0.326 e. The van der Waals surface area contributed by atoms with Gasteiger partial charge in [0, 0.05) is 5.75 Å². The predicted molar refractivity (Wildman–Crippen MR) is 270 cm³/mol. The molecule has 0 unspecified atom stereocenters. The monoisotopic (exact) mass is 942 g/mol. The maximum absolute atomic E-state index is 14.3. The Hall–Kier alpha value is -6.89. The molecule has 1 saturated carbocycles. The van der Waals surface area contributed by atoms with Gasteiger partial charge in [0.05, 0.1) is 22.5 Å². The number of rotatable bonds is 14. The van der Waals surface area contributed by atoms with Gasteiger partial charge in [-0.25, -0.2) is 0 Å². The Bertz CT molecular complexity index is 2480. The smallest absolute Gasteiger partial charge is 0.326 e. The molecule has 1 saturated heterocycles. The van der Waals surface area contributed by atoms with E-state index in [9.17, 15) is 24.0 Å². The van der Waals surface area contributed by atoms with Crippen LogP contribution in [0.5, 0.6) is 0 Å². The second-order valence-electron chi connectivity index (χ2n) is 16.8. The van der Waals surface area contributed by atoms with Gasteiger partial charge in [0.1, 0.15) is 24.2 Å². The van der Waals surface area contributed by atoms with Crippen LogP contribution in [0.4, 0.5) is 0 Å². The Morgan fingerprint density at radius 1 is 0.544 bits per heavy atom. The first-order valence-corrected chi connectivity index (χ1v) is 24.8. The molecule has 1 aliphatic heterocycles. The molecule has 2 fully saturated rings. The van der Waals surface area contributed by atoms with Gasteiger partial charge >= 0.3 is 5.97 Å². The highest BCUT2D eigenvalue weighted by molar-refractivity contribution is 8.00. The van der Waals surface area contributed by atoms with Gasteiger partial charge in [0.25, 0.3) is 0 Å². The van der Waals surface area contributed by atoms with Crippen molar-refractivity contribution >= 4 is 53.1 Å². The summed E-state index contributed by atoms with van der Waals surface area (Å²) in [7, 11) is 0. The van der Waals surface area contributed by atoms with Gasteiger partial charge in [-0.2, -0.15) is 0 Å². The average molecular weight is 943 g/mol. The van der Waals surface area contributed by atoms with E-state index in [1.54, 1.807) is 17.8 Å². The summed E-state index contributed by atoms with van der Waals surface area (Å²) in [5, 5.41) is 11.1. The number of nitrogens with one attached hydrogen (secondary N) is 4. The molecule has 12 heteroatoms. The van der Waals surface area contributed by atoms with Crippen LogP contribution in [0, 0.1) is 0 Å². The number of carbonyl (C=O) groups excluding carboxylic acids is 5. The molecule has 0 bridgehead atoms. The van der Waals surface area contributed by atoms with Crippen molar-refractivity contribution in [1.82, 2.24) is 21.3 Å². The van der Waals surface area contributed by atoms with E-state index < -0.39 is 69.9 Å². The highest BCUT2D eigenvalue weighted by Crippen LogP contribution is 2.50. The fourth-order valence-corrected chi connectivity index (χ4v) is 11.7. The Kier molecular flexibility index (Phi) is 15.6. The van der Waals surface area contributed by atoms with E-state index >= 15 is 0 Å². The zero-order chi connectivity index (χ0) is 47.2. The number of hydrogen-bond donors (Lipinski definition) is 4. The van der Waals surface area contributed by atoms with Crippen LogP contribution in [0.1, 0.15) is 59.1 Å². The lowest BCUT2D eigenvalue weighted by atomic mass is 9.84. The average Bonchev–Trinajstić information content (AvgIpc) is 4.17. The Labute approximate surface area is 406 Å². The van der Waals surface area contributed by atoms with Crippen molar-refractivity contribution in [2.24, 2.45) is 0 Å². The zero-order valence-corrected chi connectivity index (χ0v) is 39.2. The highest BCUT2D eigenvalue weighted by atomic mass is 32.2. The third-order valence-electron chi connectivity index (χ3n) is 12.2. The second-order valence-corrected chi connectivity index (χ2v) is 19.4. The van der Waals surface area contributed by atoms with E-state index in [0.29, 0.717) is 25.0 Å². The number of thioether (sulfide) groups is 2. The van der Waals surface area contributed by atoms with Gasteiger partial charge in [-0.3, -0.25) is 24.0 Å². The SMILES string of the molecule is O=C1C[C@@H](C=CCCSC(c2ccccc2)(c2ccccc2)c2ccccc2)OC(=O)CNC(=O)C2(CC2)NC(=O)[C@@H](CSC(c2ccccc2)(c2ccccc2)c2ccccc2)NC(=O)CN1. The van der Waals surface area contributed by atoms with Crippen LogP contribution in [0.3, 0.4) is 0 Å². The summed E-state index contributed by atoms with van der Waals surface area (Å²) in [6.07, 6.45) is 3.62. The van der Waals surface area contributed by atoms with Crippen LogP contribution in [0.15, 0.2) is 194 Å². The quantitative estimate of drug-likeness (QED) is 0.0372. The van der Waals surface area contributed by atoms with Gasteiger partial charge in [-0.1, -0.05) is 188 Å². The lowest BCUT2D eigenvalue weighted by Gasteiger charge is -2.36. The molecule has 6 aromatic rings. The molecule has 8 rings (SSSR count). The predicted octanol–water partition coefficient (Wildman–Crippen LogP) is 8.06. The molecule has 1 spiro atoms. The topological polar surface area (TPSA) is 143 Å². The summed E-state index contributed by atoms with van der Waals surface area (Å²) in [6, 6.07) is 60.0. The van der Waals surface area contributed by atoms with Crippen molar-refractivity contribution < 1.29 is 28.7 Å². The minimum Gasteiger partial charge on any atom is -0.456 e. The van der Waals surface area contributed by atoms with Crippen molar-refractivity contribution in [3.05, 3.63) is 228 Å².